The number of unbranched alkanes of at least 4 members (excludes halogenated alkanes) is 1. The number of para-hydroxylation sites is 2. The van der Waals surface area contributed by atoms with E-state index in [1.54, 1.807) is 0 Å². The Kier molecular flexibility index (Phi) is 4.30. The number of fused-ring (bicyclic) bond motifs is 3. The molecule has 108 valence electrons. The molecule has 0 aliphatic rings. The lowest BCUT2D eigenvalue weighted by atomic mass is 10.2. The van der Waals surface area contributed by atoms with Crippen LogP contribution < -0.4 is 0 Å². The first kappa shape index (κ1) is 14.2. The highest BCUT2D eigenvalue weighted by Gasteiger charge is 2.11. The quantitative estimate of drug-likeness (QED) is 0.547. The molecule has 1 heterocycles. The van der Waals surface area contributed by atoms with E-state index in [2.05, 4.69) is 53.1 Å². The first-order chi connectivity index (χ1) is 10.3. The predicted molar refractivity (Wildman–Crippen MR) is 84.5 cm³/mol. The summed E-state index contributed by atoms with van der Waals surface area (Å²) in [6, 6.07) is 16.8. The number of aryl methyl sites for hydroxylation is 1. The number of aromatic nitrogens is 1. The summed E-state index contributed by atoms with van der Waals surface area (Å²) < 4.78 is 17.5. The Morgan fingerprint density at radius 1 is 0.952 bits per heavy atom. The topological polar surface area (TPSA) is 51.5 Å². The van der Waals surface area contributed by atoms with Gasteiger partial charge >= 0.3 is 8.25 Å². The second-order valence-corrected chi connectivity index (χ2v) is 5.70. The third kappa shape index (κ3) is 2.98. The van der Waals surface area contributed by atoms with Crippen molar-refractivity contribution in [1.82, 2.24) is 4.57 Å². The second-order valence-electron chi connectivity index (χ2n) is 4.96. The Bertz CT molecular complexity index is 728. The smallest absolute Gasteiger partial charge is 0.340 e. The Labute approximate surface area is 123 Å². The van der Waals surface area contributed by atoms with E-state index in [-0.39, 0.29) is 0 Å². The molecule has 0 saturated heterocycles. The highest BCUT2D eigenvalue weighted by molar-refractivity contribution is 7.32. The summed E-state index contributed by atoms with van der Waals surface area (Å²) in [7, 11) is -2.48. The molecule has 0 aliphatic carbocycles. The van der Waals surface area contributed by atoms with Crippen molar-refractivity contribution in [1.29, 1.82) is 0 Å². The summed E-state index contributed by atoms with van der Waals surface area (Å²) >= 11 is 0. The van der Waals surface area contributed by atoms with Crippen molar-refractivity contribution in [2.24, 2.45) is 0 Å². The van der Waals surface area contributed by atoms with E-state index in [0.29, 0.717) is 6.61 Å². The molecule has 0 amide bonds. The van der Waals surface area contributed by atoms with Gasteiger partial charge in [-0.2, -0.15) is 0 Å². The van der Waals surface area contributed by atoms with Crippen LogP contribution in [0.2, 0.25) is 0 Å². The van der Waals surface area contributed by atoms with Crippen molar-refractivity contribution < 1.29 is 14.0 Å². The van der Waals surface area contributed by atoms with Crippen LogP contribution in [-0.2, 0) is 15.6 Å². The summed E-state index contributed by atoms with van der Waals surface area (Å²) in [6.45, 7) is 1.20. The summed E-state index contributed by atoms with van der Waals surface area (Å²) in [5, 5.41) is 2.53. The maximum absolute atomic E-state index is 10.5. The SMILES string of the molecule is O=[P+](O)OCCCCn1c2ccccc2c2ccccc21. The van der Waals surface area contributed by atoms with Crippen molar-refractivity contribution in [2.45, 2.75) is 19.4 Å². The Morgan fingerprint density at radius 3 is 2.10 bits per heavy atom. The van der Waals surface area contributed by atoms with Gasteiger partial charge in [-0.25, -0.2) is 0 Å². The van der Waals surface area contributed by atoms with Crippen molar-refractivity contribution >= 4 is 30.1 Å². The van der Waals surface area contributed by atoms with Crippen molar-refractivity contribution in [3.05, 3.63) is 48.5 Å². The standard InChI is InChI=1S/C16H16NO3P/c18-21(19)20-12-6-5-11-17-15-9-3-1-7-13(15)14-8-2-4-10-16(14)17/h1-4,7-10H,5-6,11-12H2/p+1. The molecule has 0 saturated carbocycles. The van der Waals surface area contributed by atoms with E-state index in [1.807, 2.05) is 0 Å². The van der Waals surface area contributed by atoms with E-state index < -0.39 is 8.25 Å². The fourth-order valence-electron chi connectivity index (χ4n) is 2.76. The van der Waals surface area contributed by atoms with Crippen molar-refractivity contribution in [3.63, 3.8) is 0 Å². The fourth-order valence-corrected chi connectivity index (χ4v) is 3.04. The maximum Gasteiger partial charge on any atom is 0.694 e. The lowest BCUT2D eigenvalue weighted by Crippen LogP contribution is -1.99. The Balaban J connectivity index is 1.84. The molecule has 1 aromatic heterocycles. The second kappa shape index (κ2) is 6.35. The van der Waals surface area contributed by atoms with E-state index in [9.17, 15) is 4.57 Å². The molecule has 5 heteroatoms. The van der Waals surface area contributed by atoms with Crippen LogP contribution in [0.1, 0.15) is 12.8 Å². The zero-order valence-corrected chi connectivity index (χ0v) is 12.5. The minimum Gasteiger partial charge on any atom is -0.340 e. The molecular formula is C16H17NO3P+. The molecule has 0 radical (unpaired) electrons. The largest absolute Gasteiger partial charge is 0.694 e. The molecular weight excluding hydrogens is 285 g/mol. The number of nitrogens with zero attached hydrogens (tertiary/aromatic N) is 1. The van der Waals surface area contributed by atoms with E-state index >= 15 is 0 Å². The normalized spacial score (nSPS) is 12.1. The van der Waals surface area contributed by atoms with Crippen LogP contribution in [0.15, 0.2) is 48.5 Å². The van der Waals surface area contributed by atoms with Crippen LogP contribution in [0.25, 0.3) is 21.8 Å². The predicted octanol–water partition coefficient (Wildman–Crippen LogP) is 4.24. The van der Waals surface area contributed by atoms with Gasteiger partial charge in [0.1, 0.15) is 6.61 Å². The van der Waals surface area contributed by atoms with Gasteiger partial charge in [-0.1, -0.05) is 36.4 Å². The molecule has 0 aliphatic heterocycles. The van der Waals surface area contributed by atoms with Gasteiger partial charge in [-0.05, 0) is 25.0 Å². The third-order valence-corrected chi connectivity index (χ3v) is 4.06. The van der Waals surface area contributed by atoms with Crippen LogP contribution in [-0.4, -0.2) is 16.1 Å². The van der Waals surface area contributed by atoms with E-state index in [0.717, 1.165) is 19.4 Å². The van der Waals surface area contributed by atoms with Crippen LogP contribution in [0.3, 0.4) is 0 Å². The summed E-state index contributed by atoms with van der Waals surface area (Å²) in [6.07, 6.45) is 1.67. The van der Waals surface area contributed by atoms with Crippen LogP contribution in [0.5, 0.6) is 0 Å². The number of hydrogen-bond acceptors (Lipinski definition) is 2. The van der Waals surface area contributed by atoms with E-state index in [4.69, 9.17) is 9.42 Å². The molecule has 1 atom stereocenters. The molecule has 4 nitrogen and oxygen atoms in total. The van der Waals surface area contributed by atoms with Gasteiger partial charge in [-0.15, -0.1) is 9.42 Å². The first-order valence-corrected chi connectivity index (χ1v) is 8.15. The monoisotopic (exact) mass is 302 g/mol. The van der Waals surface area contributed by atoms with E-state index in [1.165, 1.54) is 21.8 Å². The van der Waals surface area contributed by atoms with Gasteiger partial charge in [0.2, 0.25) is 0 Å². The summed E-state index contributed by atoms with van der Waals surface area (Å²) in [5.41, 5.74) is 2.46. The number of benzene rings is 2. The highest BCUT2D eigenvalue weighted by Crippen LogP contribution is 2.29. The fraction of sp³-hybridized carbons (Fsp3) is 0.250. The average Bonchev–Trinajstić information content (AvgIpc) is 2.81. The highest BCUT2D eigenvalue weighted by atomic mass is 31.1. The Morgan fingerprint density at radius 2 is 1.52 bits per heavy atom. The lowest BCUT2D eigenvalue weighted by molar-refractivity contribution is 0.273. The average molecular weight is 302 g/mol. The minimum absolute atomic E-state index is 0.322. The van der Waals surface area contributed by atoms with Gasteiger partial charge in [0.05, 0.1) is 0 Å². The molecule has 1 unspecified atom stereocenters. The molecule has 21 heavy (non-hydrogen) atoms. The zero-order chi connectivity index (χ0) is 14.7. The first-order valence-electron chi connectivity index (χ1n) is 7.02. The molecule has 0 spiro atoms. The molecule has 1 N–H and O–H groups in total. The van der Waals surface area contributed by atoms with Gasteiger partial charge in [0.15, 0.2) is 0 Å². The molecule has 0 bridgehead atoms. The number of rotatable bonds is 6. The lowest BCUT2D eigenvalue weighted by Gasteiger charge is -2.06. The van der Waals surface area contributed by atoms with Crippen molar-refractivity contribution in [3.8, 4) is 0 Å². The van der Waals surface area contributed by atoms with Gasteiger partial charge in [0.25, 0.3) is 0 Å². The maximum atomic E-state index is 10.5. The molecule has 0 fully saturated rings. The molecule has 3 aromatic rings. The molecule has 2 aromatic carbocycles. The minimum atomic E-state index is -2.48. The van der Waals surface area contributed by atoms with Gasteiger partial charge in [0, 0.05) is 32.9 Å². The third-order valence-electron chi connectivity index (χ3n) is 3.66. The molecule has 3 rings (SSSR count). The zero-order valence-electron chi connectivity index (χ0n) is 11.6. The number of hydrogen-bond donors (Lipinski definition) is 1. The van der Waals surface area contributed by atoms with Crippen LogP contribution in [0.4, 0.5) is 0 Å². The summed E-state index contributed by atoms with van der Waals surface area (Å²) in [5.74, 6) is 0. The van der Waals surface area contributed by atoms with Gasteiger partial charge < -0.3 is 4.57 Å². The summed E-state index contributed by atoms with van der Waals surface area (Å²) in [4.78, 5) is 8.60. The van der Waals surface area contributed by atoms with Crippen LogP contribution >= 0.6 is 8.25 Å². The van der Waals surface area contributed by atoms with Crippen LogP contribution in [0, 0.1) is 0 Å². The Hall–Kier alpha value is -1.74. The van der Waals surface area contributed by atoms with Crippen molar-refractivity contribution in [2.75, 3.05) is 6.61 Å². The van der Waals surface area contributed by atoms with Gasteiger partial charge in [-0.3, -0.25) is 0 Å².